The summed E-state index contributed by atoms with van der Waals surface area (Å²) in [5.74, 6) is 0. The summed E-state index contributed by atoms with van der Waals surface area (Å²) in [4.78, 5) is 1.50. The maximum absolute atomic E-state index is 13.4. The summed E-state index contributed by atoms with van der Waals surface area (Å²) in [7, 11) is -1.33. The second-order valence-corrected chi connectivity index (χ2v) is 8.63. The van der Waals surface area contributed by atoms with Gasteiger partial charge in [0, 0.05) is 9.79 Å². The first kappa shape index (κ1) is 20.0. The van der Waals surface area contributed by atoms with Gasteiger partial charge >= 0.3 is 0 Å². The van der Waals surface area contributed by atoms with Gasteiger partial charge in [-0.15, -0.1) is 0 Å². The molecule has 3 heteroatoms. The molecule has 0 spiro atoms. The third-order valence-corrected chi connectivity index (χ3v) is 6.53. The Kier molecular flexibility index (Phi) is 6.44. The minimum atomic E-state index is -1.33. The normalized spacial score (nSPS) is 14.0. The molecule has 142 valence electrons. The van der Waals surface area contributed by atoms with Gasteiger partial charge in [-0.1, -0.05) is 79.6 Å². The zero-order valence-corrected chi connectivity index (χ0v) is 17.2. The Balaban J connectivity index is 2.10. The zero-order valence-electron chi connectivity index (χ0n) is 16.4. The Bertz CT molecular complexity index is 989. The van der Waals surface area contributed by atoms with Crippen LogP contribution < -0.4 is 0 Å². The zero-order chi connectivity index (χ0) is 20.0. The van der Waals surface area contributed by atoms with Gasteiger partial charge < -0.3 is 0 Å². The van der Waals surface area contributed by atoms with Gasteiger partial charge in [-0.3, -0.25) is 0 Å². The molecule has 28 heavy (non-hydrogen) atoms. The van der Waals surface area contributed by atoms with Crippen molar-refractivity contribution in [3.05, 3.63) is 95.6 Å². The standard InChI is InChI=1S/C25H25NOS/c1-3-17-25(19-26,18-21-9-5-4-6-10-21)23-11-7-8-12-24(23)28(27)22-15-13-20(2)14-16-22/h4-16H,3,17-18H2,1-2H3. The fraction of sp³-hybridized carbons (Fsp3) is 0.240. The van der Waals surface area contributed by atoms with Crippen molar-refractivity contribution >= 4 is 10.8 Å². The van der Waals surface area contributed by atoms with Crippen molar-refractivity contribution in [2.75, 3.05) is 0 Å². The monoisotopic (exact) mass is 387 g/mol. The van der Waals surface area contributed by atoms with Crippen LogP contribution in [0.1, 0.15) is 36.5 Å². The minimum Gasteiger partial charge on any atom is -0.249 e. The number of benzene rings is 3. The van der Waals surface area contributed by atoms with Crippen LogP contribution in [0.15, 0.2) is 88.7 Å². The molecule has 0 aliphatic rings. The minimum absolute atomic E-state index is 0.611. The summed E-state index contributed by atoms with van der Waals surface area (Å²) in [5, 5.41) is 10.3. The van der Waals surface area contributed by atoms with Crippen LogP contribution in [0.5, 0.6) is 0 Å². The van der Waals surface area contributed by atoms with Gasteiger partial charge in [0.25, 0.3) is 0 Å². The molecule has 3 aromatic carbocycles. The van der Waals surface area contributed by atoms with E-state index in [0.717, 1.165) is 39.3 Å². The molecular formula is C25H25NOS. The van der Waals surface area contributed by atoms with E-state index in [0.29, 0.717) is 6.42 Å². The molecule has 3 rings (SSSR count). The van der Waals surface area contributed by atoms with Crippen molar-refractivity contribution in [1.29, 1.82) is 5.26 Å². The lowest BCUT2D eigenvalue weighted by Gasteiger charge is -2.29. The molecule has 0 amide bonds. The lowest BCUT2D eigenvalue weighted by molar-refractivity contribution is 0.483. The molecule has 0 saturated heterocycles. The Hall–Kier alpha value is -2.70. The van der Waals surface area contributed by atoms with E-state index in [1.807, 2.05) is 73.7 Å². The highest BCUT2D eigenvalue weighted by Gasteiger charge is 2.35. The van der Waals surface area contributed by atoms with E-state index < -0.39 is 16.2 Å². The van der Waals surface area contributed by atoms with Crippen molar-refractivity contribution < 1.29 is 4.21 Å². The van der Waals surface area contributed by atoms with Gasteiger partial charge in [0.1, 0.15) is 0 Å². The van der Waals surface area contributed by atoms with Crippen molar-refractivity contribution in [3.63, 3.8) is 0 Å². The van der Waals surface area contributed by atoms with Gasteiger partial charge in [0.05, 0.1) is 22.3 Å². The van der Waals surface area contributed by atoms with Crippen LogP contribution in [0.3, 0.4) is 0 Å². The number of rotatable bonds is 7. The molecule has 0 fully saturated rings. The maximum atomic E-state index is 13.4. The van der Waals surface area contributed by atoms with Crippen LogP contribution in [0, 0.1) is 18.3 Å². The molecule has 0 aromatic heterocycles. The number of nitriles is 1. The van der Waals surface area contributed by atoms with Crippen molar-refractivity contribution in [2.45, 2.75) is 48.3 Å². The Morgan fingerprint density at radius 2 is 1.57 bits per heavy atom. The van der Waals surface area contributed by atoms with Crippen LogP contribution in [0.2, 0.25) is 0 Å². The molecule has 0 aliphatic heterocycles. The molecule has 2 unspecified atom stereocenters. The van der Waals surface area contributed by atoms with Crippen LogP contribution in [-0.2, 0) is 22.6 Å². The van der Waals surface area contributed by atoms with E-state index in [9.17, 15) is 9.47 Å². The van der Waals surface area contributed by atoms with Crippen molar-refractivity contribution in [1.82, 2.24) is 0 Å². The summed E-state index contributed by atoms with van der Waals surface area (Å²) in [6.45, 7) is 4.11. The first-order valence-corrected chi connectivity index (χ1v) is 10.8. The summed E-state index contributed by atoms with van der Waals surface area (Å²) >= 11 is 0. The molecule has 0 bridgehead atoms. The topological polar surface area (TPSA) is 40.9 Å². The lowest BCUT2D eigenvalue weighted by atomic mass is 9.73. The molecule has 3 aromatic rings. The molecule has 2 nitrogen and oxygen atoms in total. The smallest absolute Gasteiger partial charge is 0.0874 e. The molecule has 0 saturated carbocycles. The molecule has 0 heterocycles. The first-order valence-electron chi connectivity index (χ1n) is 9.63. The van der Waals surface area contributed by atoms with E-state index in [1.54, 1.807) is 0 Å². The van der Waals surface area contributed by atoms with Crippen LogP contribution in [-0.4, -0.2) is 4.21 Å². The number of aryl methyl sites for hydroxylation is 1. The quantitative estimate of drug-likeness (QED) is 0.501. The average Bonchev–Trinajstić information content (AvgIpc) is 2.74. The number of hydrogen-bond donors (Lipinski definition) is 0. The SMILES string of the molecule is CCCC(C#N)(Cc1ccccc1)c1ccccc1S(=O)c1ccc(C)cc1. The van der Waals surface area contributed by atoms with Gasteiger partial charge in [-0.25, -0.2) is 4.21 Å². The molecule has 0 N–H and O–H groups in total. The Morgan fingerprint density at radius 1 is 0.929 bits per heavy atom. The highest BCUT2D eigenvalue weighted by Crippen LogP contribution is 2.37. The first-order chi connectivity index (χ1) is 13.6. The van der Waals surface area contributed by atoms with Gasteiger partial charge in [-0.2, -0.15) is 5.26 Å². The highest BCUT2D eigenvalue weighted by atomic mass is 32.2. The Labute approximate surface area is 170 Å². The fourth-order valence-electron chi connectivity index (χ4n) is 3.66. The van der Waals surface area contributed by atoms with Gasteiger partial charge in [0.2, 0.25) is 0 Å². The van der Waals surface area contributed by atoms with E-state index in [-0.39, 0.29) is 0 Å². The van der Waals surface area contributed by atoms with Crippen LogP contribution in [0.4, 0.5) is 0 Å². The van der Waals surface area contributed by atoms with Crippen LogP contribution in [0.25, 0.3) is 0 Å². The van der Waals surface area contributed by atoms with E-state index in [4.69, 9.17) is 0 Å². The van der Waals surface area contributed by atoms with Crippen LogP contribution >= 0.6 is 0 Å². The second kappa shape index (κ2) is 8.99. The summed E-state index contributed by atoms with van der Waals surface area (Å²) in [5.41, 5.74) is 2.43. The predicted molar refractivity (Wildman–Crippen MR) is 115 cm³/mol. The molecule has 0 radical (unpaired) electrons. The number of nitrogens with zero attached hydrogens (tertiary/aromatic N) is 1. The van der Waals surface area contributed by atoms with Crippen molar-refractivity contribution in [3.8, 4) is 6.07 Å². The highest BCUT2D eigenvalue weighted by molar-refractivity contribution is 7.85. The third-order valence-electron chi connectivity index (χ3n) is 5.08. The summed E-state index contributed by atoms with van der Waals surface area (Å²) in [6.07, 6.45) is 2.21. The maximum Gasteiger partial charge on any atom is 0.0874 e. The Morgan fingerprint density at radius 3 is 2.21 bits per heavy atom. The average molecular weight is 388 g/mol. The molecular weight excluding hydrogens is 362 g/mol. The van der Waals surface area contributed by atoms with Gasteiger partial charge in [0.15, 0.2) is 0 Å². The van der Waals surface area contributed by atoms with E-state index in [1.165, 1.54) is 0 Å². The third kappa shape index (κ3) is 4.24. The lowest BCUT2D eigenvalue weighted by Crippen LogP contribution is -2.28. The number of hydrogen-bond acceptors (Lipinski definition) is 2. The van der Waals surface area contributed by atoms with Gasteiger partial charge in [-0.05, 0) is 49.1 Å². The van der Waals surface area contributed by atoms with Crippen molar-refractivity contribution in [2.24, 2.45) is 0 Å². The summed E-state index contributed by atoms with van der Waals surface area (Å²) in [6, 6.07) is 28.2. The molecule has 0 aliphatic carbocycles. The van der Waals surface area contributed by atoms with E-state index >= 15 is 0 Å². The largest absolute Gasteiger partial charge is 0.249 e. The summed E-state index contributed by atoms with van der Waals surface area (Å²) < 4.78 is 13.4. The second-order valence-electron chi connectivity index (χ2n) is 7.18. The fourth-order valence-corrected chi connectivity index (χ4v) is 4.96. The molecule has 2 atom stereocenters. The van der Waals surface area contributed by atoms with E-state index in [2.05, 4.69) is 25.1 Å². The predicted octanol–water partition coefficient (Wildman–Crippen LogP) is 5.97.